The van der Waals surface area contributed by atoms with Crippen LogP contribution in [0.4, 0.5) is 4.39 Å². The fraction of sp³-hybridized carbons (Fsp3) is 0.588. The van der Waals surface area contributed by atoms with Crippen molar-refractivity contribution in [1.29, 1.82) is 0 Å². The SMILES string of the molecule is C[C@@H](C(=O)NCCc1ccc(F)cc1)N1CCN(CCO)CC1. The van der Waals surface area contributed by atoms with Crippen molar-refractivity contribution in [3.05, 3.63) is 35.6 Å². The van der Waals surface area contributed by atoms with Crippen LogP contribution in [-0.4, -0.2) is 72.7 Å². The summed E-state index contributed by atoms with van der Waals surface area (Å²) >= 11 is 0. The maximum Gasteiger partial charge on any atom is 0.237 e. The zero-order valence-electron chi connectivity index (χ0n) is 13.7. The number of rotatable bonds is 7. The highest BCUT2D eigenvalue weighted by Gasteiger charge is 2.24. The van der Waals surface area contributed by atoms with Crippen molar-refractivity contribution < 1.29 is 14.3 Å². The quantitative estimate of drug-likeness (QED) is 0.766. The van der Waals surface area contributed by atoms with Gasteiger partial charge in [-0.3, -0.25) is 14.6 Å². The zero-order valence-corrected chi connectivity index (χ0v) is 13.7. The molecule has 2 N–H and O–H groups in total. The average molecular weight is 323 g/mol. The Morgan fingerprint density at radius 3 is 2.52 bits per heavy atom. The molecule has 1 amide bonds. The second kappa shape index (κ2) is 8.96. The highest BCUT2D eigenvalue weighted by molar-refractivity contribution is 5.81. The largest absolute Gasteiger partial charge is 0.395 e. The van der Waals surface area contributed by atoms with Gasteiger partial charge in [-0.15, -0.1) is 0 Å². The second-order valence-electron chi connectivity index (χ2n) is 5.94. The number of benzene rings is 1. The predicted octanol–water partition coefficient (Wildman–Crippen LogP) is 0.483. The third-order valence-corrected chi connectivity index (χ3v) is 4.38. The van der Waals surface area contributed by atoms with Gasteiger partial charge in [0.05, 0.1) is 12.6 Å². The minimum Gasteiger partial charge on any atom is -0.395 e. The van der Waals surface area contributed by atoms with E-state index in [9.17, 15) is 9.18 Å². The van der Waals surface area contributed by atoms with Crippen LogP contribution < -0.4 is 5.32 Å². The first kappa shape index (κ1) is 17.8. The fourth-order valence-electron chi connectivity index (χ4n) is 2.81. The number of hydrogen-bond donors (Lipinski definition) is 2. The molecule has 1 aromatic carbocycles. The number of aliphatic hydroxyl groups is 1. The molecule has 1 heterocycles. The lowest BCUT2D eigenvalue weighted by Crippen LogP contribution is -2.54. The van der Waals surface area contributed by atoms with Gasteiger partial charge in [-0.05, 0) is 31.0 Å². The van der Waals surface area contributed by atoms with Crippen LogP contribution >= 0.6 is 0 Å². The monoisotopic (exact) mass is 323 g/mol. The third kappa shape index (κ3) is 5.57. The molecule has 0 spiro atoms. The van der Waals surface area contributed by atoms with Gasteiger partial charge < -0.3 is 10.4 Å². The molecule has 5 nitrogen and oxygen atoms in total. The Balaban J connectivity index is 1.69. The number of β-amino-alcohol motifs (C(OH)–C–C–N with tert-alkyl or cyclic N) is 1. The van der Waals surface area contributed by atoms with Crippen molar-refractivity contribution in [1.82, 2.24) is 15.1 Å². The normalized spacial score (nSPS) is 17.9. The Morgan fingerprint density at radius 1 is 1.26 bits per heavy atom. The van der Waals surface area contributed by atoms with Crippen LogP contribution in [0.2, 0.25) is 0 Å². The van der Waals surface area contributed by atoms with Gasteiger partial charge in [0, 0.05) is 39.3 Å². The molecule has 0 aliphatic carbocycles. The van der Waals surface area contributed by atoms with E-state index in [1.807, 2.05) is 6.92 Å². The maximum atomic E-state index is 12.8. The van der Waals surface area contributed by atoms with Gasteiger partial charge in [0.25, 0.3) is 0 Å². The van der Waals surface area contributed by atoms with Crippen LogP contribution in [-0.2, 0) is 11.2 Å². The average Bonchev–Trinajstić information content (AvgIpc) is 2.57. The highest BCUT2D eigenvalue weighted by atomic mass is 19.1. The van der Waals surface area contributed by atoms with Crippen molar-refractivity contribution in [2.75, 3.05) is 45.9 Å². The Kier molecular flexibility index (Phi) is 6.95. The van der Waals surface area contributed by atoms with Gasteiger partial charge in [-0.25, -0.2) is 4.39 Å². The summed E-state index contributed by atoms with van der Waals surface area (Å²) in [6.07, 6.45) is 0.697. The molecule has 128 valence electrons. The van der Waals surface area contributed by atoms with E-state index < -0.39 is 0 Å². The number of halogens is 1. The summed E-state index contributed by atoms with van der Waals surface area (Å²) in [4.78, 5) is 16.6. The van der Waals surface area contributed by atoms with Gasteiger partial charge in [-0.1, -0.05) is 12.1 Å². The van der Waals surface area contributed by atoms with Crippen LogP contribution in [0.1, 0.15) is 12.5 Å². The van der Waals surface area contributed by atoms with Gasteiger partial charge in [0.1, 0.15) is 5.82 Å². The Labute approximate surface area is 137 Å². The number of hydrogen-bond acceptors (Lipinski definition) is 4. The van der Waals surface area contributed by atoms with E-state index in [1.54, 1.807) is 12.1 Å². The molecule has 0 saturated carbocycles. The van der Waals surface area contributed by atoms with Gasteiger partial charge >= 0.3 is 0 Å². The Morgan fingerprint density at radius 2 is 1.91 bits per heavy atom. The molecule has 1 aromatic rings. The van der Waals surface area contributed by atoms with Crippen molar-refractivity contribution in [3.63, 3.8) is 0 Å². The molecule has 1 aliphatic heterocycles. The molecule has 23 heavy (non-hydrogen) atoms. The number of piperazine rings is 1. The first-order valence-electron chi connectivity index (χ1n) is 8.19. The number of amides is 1. The van der Waals surface area contributed by atoms with E-state index >= 15 is 0 Å². The van der Waals surface area contributed by atoms with E-state index in [0.29, 0.717) is 19.5 Å². The number of carbonyl (C=O) groups is 1. The molecule has 1 atom stereocenters. The fourth-order valence-corrected chi connectivity index (χ4v) is 2.81. The van der Waals surface area contributed by atoms with E-state index in [1.165, 1.54) is 12.1 Å². The standard InChI is InChI=1S/C17H26FN3O2/c1-14(21-10-8-20(9-11-21)12-13-22)17(23)19-7-6-15-2-4-16(18)5-3-15/h2-5,14,22H,6-13H2,1H3,(H,19,23)/t14-/m0/s1. The summed E-state index contributed by atoms with van der Waals surface area (Å²) < 4.78 is 12.8. The zero-order chi connectivity index (χ0) is 16.7. The summed E-state index contributed by atoms with van der Waals surface area (Å²) in [7, 11) is 0. The number of aliphatic hydroxyl groups excluding tert-OH is 1. The minimum absolute atomic E-state index is 0.0303. The second-order valence-corrected chi connectivity index (χ2v) is 5.94. The van der Waals surface area contributed by atoms with Crippen molar-refractivity contribution >= 4 is 5.91 Å². The van der Waals surface area contributed by atoms with Gasteiger partial charge in [0.15, 0.2) is 0 Å². The van der Waals surface area contributed by atoms with E-state index in [0.717, 1.165) is 31.7 Å². The number of nitrogens with zero attached hydrogens (tertiary/aromatic N) is 2. The van der Waals surface area contributed by atoms with Gasteiger partial charge in [-0.2, -0.15) is 0 Å². The lowest BCUT2D eigenvalue weighted by Gasteiger charge is -2.37. The molecule has 1 saturated heterocycles. The summed E-state index contributed by atoms with van der Waals surface area (Å²) in [5.74, 6) is -0.213. The first-order chi connectivity index (χ1) is 11.1. The molecule has 1 fully saturated rings. The maximum absolute atomic E-state index is 12.8. The Bertz CT molecular complexity index is 487. The van der Waals surface area contributed by atoms with E-state index in [4.69, 9.17) is 5.11 Å². The molecule has 0 unspecified atom stereocenters. The number of nitrogens with one attached hydrogen (secondary N) is 1. The number of carbonyl (C=O) groups excluding carboxylic acids is 1. The van der Waals surface area contributed by atoms with Crippen molar-refractivity contribution in [3.8, 4) is 0 Å². The van der Waals surface area contributed by atoms with Crippen LogP contribution in [0.25, 0.3) is 0 Å². The predicted molar refractivity (Wildman–Crippen MR) is 87.7 cm³/mol. The molecule has 6 heteroatoms. The van der Waals surface area contributed by atoms with E-state index in [2.05, 4.69) is 15.1 Å². The molecule has 1 aliphatic rings. The summed E-state index contributed by atoms with van der Waals surface area (Å²) in [6.45, 7) is 6.81. The lowest BCUT2D eigenvalue weighted by molar-refractivity contribution is -0.126. The topological polar surface area (TPSA) is 55.8 Å². The molecule has 2 rings (SSSR count). The molecular weight excluding hydrogens is 297 g/mol. The molecule has 0 aromatic heterocycles. The Hall–Kier alpha value is -1.50. The van der Waals surface area contributed by atoms with Crippen LogP contribution in [0.15, 0.2) is 24.3 Å². The van der Waals surface area contributed by atoms with Crippen LogP contribution in [0.5, 0.6) is 0 Å². The third-order valence-electron chi connectivity index (χ3n) is 4.38. The van der Waals surface area contributed by atoms with Crippen molar-refractivity contribution in [2.45, 2.75) is 19.4 Å². The van der Waals surface area contributed by atoms with Crippen LogP contribution in [0, 0.1) is 5.82 Å². The summed E-state index contributed by atoms with van der Waals surface area (Å²) in [5, 5.41) is 11.9. The lowest BCUT2D eigenvalue weighted by atomic mass is 10.1. The summed E-state index contributed by atoms with van der Waals surface area (Å²) in [6, 6.07) is 6.20. The minimum atomic E-state index is -0.244. The first-order valence-corrected chi connectivity index (χ1v) is 8.19. The van der Waals surface area contributed by atoms with Crippen LogP contribution in [0.3, 0.4) is 0 Å². The summed E-state index contributed by atoms with van der Waals surface area (Å²) in [5.41, 5.74) is 1.01. The van der Waals surface area contributed by atoms with Gasteiger partial charge in [0.2, 0.25) is 5.91 Å². The molecule has 0 bridgehead atoms. The van der Waals surface area contributed by atoms with Crippen molar-refractivity contribution in [2.24, 2.45) is 0 Å². The van der Waals surface area contributed by atoms with E-state index in [-0.39, 0.29) is 24.4 Å². The molecular formula is C17H26FN3O2. The smallest absolute Gasteiger partial charge is 0.237 e. The molecule has 0 radical (unpaired) electrons. The highest BCUT2D eigenvalue weighted by Crippen LogP contribution is 2.07.